The maximum absolute atomic E-state index is 5.87. The van der Waals surface area contributed by atoms with Crippen LogP contribution in [0.1, 0.15) is 103 Å². The van der Waals surface area contributed by atoms with E-state index in [4.69, 9.17) is 9.47 Å². The van der Waals surface area contributed by atoms with Crippen molar-refractivity contribution in [2.75, 3.05) is 13.2 Å². The second-order valence-corrected chi connectivity index (χ2v) is 7.90. The minimum Gasteiger partial charge on any atom is -0.381 e. The Kier molecular flexibility index (Phi) is 16.6. The molecule has 0 bridgehead atoms. The Hall–Kier alpha value is -0.860. The maximum Gasteiger partial charge on any atom is 0.0720 e. The Morgan fingerprint density at radius 3 is 1.85 bits per heavy atom. The van der Waals surface area contributed by atoms with Gasteiger partial charge >= 0.3 is 0 Å². The van der Waals surface area contributed by atoms with Crippen LogP contribution in [0.15, 0.2) is 30.3 Å². The number of hydrogen-bond acceptors (Lipinski definition) is 2. The van der Waals surface area contributed by atoms with Crippen molar-refractivity contribution >= 4 is 0 Å². The minimum atomic E-state index is 0.257. The van der Waals surface area contributed by atoms with Crippen LogP contribution in [0, 0.1) is 0 Å². The lowest BCUT2D eigenvalue weighted by Gasteiger charge is -2.13. The number of unbranched alkanes of at least 4 members (excludes halogenated alkanes) is 11. The van der Waals surface area contributed by atoms with E-state index in [-0.39, 0.29) is 6.10 Å². The molecule has 1 rings (SSSR count). The monoisotopic (exact) mass is 376 g/mol. The fraction of sp³-hybridized carbons (Fsp3) is 0.760. The van der Waals surface area contributed by atoms with Gasteiger partial charge in [0.25, 0.3) is 0 Å². The number of ether oxygens (including phenoxy) is 2. The number of hydrogen-bond donors (Lipinski definition) is 0. The van der Waals surface area contributed by atoms with Crippen molar-refractivity contribution in [3.8, 4) is 0 Å². The first-order chi connectivity index (χ1) is 13.3. The zero-order valence-corrected chi connectivity index (χ0v) is 18.1. The summed E-state index contributed by atoms with van der Waals surface area (Å²) in [6, 6.07) is 10.4. The van der Waals surface area contributed by atoms with Gasteiger partial charge < -0.3 is 9.47 Å². The first kappa shape index (κ1) is 24.2. The molecule has 0 saturated carbocycles. The average molecular weight is 377 g/mol. The summed E-state index contributed by atoms with van der Waals surface area (Å²) >= 11 is 0. The van der Waals surface area contributed by atoms with Gasteiger partial charge in [-0.25, -0.2) is 0 Å². The second kappa shape index (κ2) is 18.5. The molecule has 0 spiro atoms. The molecule has 0 aliphatic carbocycles. The molecule has 0 aromatic heterocycles. The molecule has 0 heterocycles. The summed E-state index contributed by atoms with van der Waals surface area (Å²) in [5.74, 6) is 0. The van der Waals surface area contributed by atoms with Gasteiger partial charge in [-0.05, 0) is 25.3 Å². The highest BCUT2D eigenvalue weighted by Crippen LogP contribution is 2.12. The van der Waals surface area contributed by atoms with E-state index in [9.17, 15) is 0 Å². The molecule has 27 heavy (non-hydrogen) atoms. The zero-order chi connectivity index (χ0) is 19.4. The number of benzene rings is 1. The maximum atomic E-state index is 5.87. The van der Waals surface area contributed by atoms with Gasteiger partial charge in [-0.3, -0.25) is 0 Å². The third kappa shape index (κ3) is 15.9. The fourth-order valence-electron chi connectivity index (χ4n) is 3.29. The SMILES string of the molecule is CCCCCCCCCCCCCCOCC[C@@H](C)OCc1ccccc1. The van der Waals surface area contributed by atoms with Gasteiger partial charge in [0.05, 0.1) is 12.7 Å². The van der Waals surface area contributed by atoms with Crippen LogP contribution in [0.25, 0.3) is 0 Å². The largest absolute Gasteiger partial charge is 0.381 e. The highest BCUT2D eigenvalue weighted by atomic mass is 16.5. The van der Waals surface area contributed by atoms with Crippen LogP contribution < -0.4 is 0 Å². The summed E-state index contributed by atoms with van der Waals surface area (Å²) in [5.41, 5.74) is 1.24. The molecule has 1 aromatic rings. The van der Waals surface area contributed by atoms with Crippen LogP contribution >= 0.6 is 0 Å². The Morgan fingerprint density at radius 1 is 0.704 bits per heavy atom. The number of rotatable bonds is 19. The predicted molar refractivity (Wildman–Crippen MR) is 117 cm³/mol. The Balaban J connectivity index is 1.76. The standard InChI is InChI=1S/C25H44O2/c1-3-4-5-6-7-8-9-10-11-12-13-17-21-26-22-20-24(2)27-23-25-18-15-14-16-19-25/h14-16,18-19,24H,3-13,17,20-23H2,1-2H3/t24-/m1/s1. The molecule has 0 aliphatic rings. The summed E-state index contributed by atoms with van der Waals surface area (Å²) in [5, 5.41) is 0. The van der Waals surface area contributed by atoms with E-state index < -0.39 is 0 Å². The van der Waals surface area contributed by atoms with E-state index >= 15 is 0 Å². The van der Waals surface area contributed by atoms with Crippen LogP contribution in [0.5, 0.6) is 0 Å². The molecule has 156 valence electrons. The van der Waals surface area contributed by atoms with E-state index in [1.807, 2.05) is 6.07 Å². The fourth-order valence-corrected chi connectivity index (χ4v) is 3.29. The quantitative estimate of drug-likeness (QED) is 0.230. The summed E-state index contributed by atoms with van der Waals surface area (Å²) in [6.45, 7) is 6.83. The zero-order valence-electron chi connectivity index (χ0n) is 18.1. The third-order valence-corrected chi connectivity index (χ3v) is 5.19. The van der Waals surface area contributed by atoms with Crippen LogP contribution in [0.2, 0.25) is 0 Å². The Bertz CT molecular complexity index is 404. The minimum absolute atomic E-state index is 0.257. The van der Waals surface area contributed by atoms with Crippen molar-refractivity contribution in [1.29, 1.82) is 0 Å². The molecule has 2 heteroatoms. The van der Waals surface area contributed by atoms with Crippen molar-refractivity contribution in [2.45, 2.75) is 110 Å². The third-order valence-electron chi connectivity index (χ3n) is 5.19. The van der Waals surface area contributed by atoms with Crippen LogP contribution in [-0.4, -0.2) is 19.3 Å². The van der Waals surface area contributed by atoms with Gasteiger partial charge in [-0.1, -0.05) is 108 Å². The molecule has 0 radical (unpaired) electrons. The van der Waals surface area contributed by atoms with E-state index in [1.165, 1.54) is 82.6 Å². The van der Waals surface area contributed by atoms with Crippen molar-refractivity contribution in [1.82, 2.24) is 0 Å². The molecule has 0 N–H and O–H groups in total. The van der Waals surface area contributed by atoms with Gasteiger partial charge in [-0.15, -0.1) is 0 Å². The predicted octanol–water partition coefficient (Wildman–Crippen LogP) is 7.70. The molecule has 1 aromatic carbocycles. The molecule has 1 atom stereocenters. The van der Waals surface area contributed by atoms with E-state index in [2.05, 4.69) is 38.1 Å². The topological polar surface area (TPSA) is 18.5 Å². The van der Waals surface area contributed by atoms with Crippen LogP contribution in [0.3, 0.4) is 0 Å². The highest BCUT2D eigenvalue weighted by Gasteiger charge is 2.03. The normalized spacial score (nSPS) is 12.4. The summed E-state index contributed by atoms with van der Waals surface area (Å²) in [7, 11) is 0. The van der Waals surface area contributed by atoms with Crippen LogP contribution in [-0.2, 0) is 16.1 Å². The lowest BCUT2D eigenvalue weighted by atomic mass is 10.1. The van der Waals surface area contributed by atoms with Gasteiger partial charge in [0.2, 0.25) is 0 Å². The van der Waals surface area contributed by atoms with Crippen molar-refractivity contribution in [2.24, 2.45) is 0 Å². The molecule has 0 aliphatic heterocycles. The van der Waals surface area contributed by atoms with E-state index in [1.54, 1.807) is 0 Å². The van der Waals surface area contributed by atoms with E-state index in [0.29, 0.717) is 6.61 Å². The highest BCUT2D eigenvalue weighted by molar-refractivity contribution is 5.13. The summed E-state index contributed by atoms with van der Waals surface area (Å²) < 4.78 is 11.6. The second-order valence-electron chi connectivity index (χ2n) is 7.90. The van der Waals surface area contributed by atoms with Gasteiger partial charge in [0, 0.05) is 13.2 Å². The first-order valence-electron chi connectivity index (χ1n) is 11.6. The molecular formula is C25H44O2. The van der Waals surface area contributed by atoms with Gasteiger partial charge in [0.15, 0.2) is 0 Å². The van der Waals surface area contributed by atoms with Crippen molar-refractivity contribution in [3.63, 3.8) is 0 Å². The molecule has 2 nitrogen and oxygen atoms in total. The summed E-state index contributed by atoms with van der Waals surface area (Å²) in [6.07, 6.45) is 17.9. The molecule has 0 amide bonds. The van der Waals surface area contributed by atoms with Gasteiger partial charge in [-0.2, -0.15) is 0 Å². The lowest BCUT2D eigenvalue weighted by Crippen LogP contribution is -2.12. The average Bonchev–Trinajstić information content (AvgIpc) is 2.70. The molecule has 0 saturated heterocycles. The van der Waals surface area contributed by atoms with Crippen molar-refractivity contribution < 1.29 is 9.47 Å². The smallest absolute Gasteiger partial charge is 0.0720 e. The molecule has 0 unspecified atom stereocenters. The van der Waals surface area contributed by atoms with Gasteiger partial charge in [0.1, 0.15) is 0 Å². The first-order valence-corrected chi connectivity index (χ1v) is 11.6. The molecule has 0 fully saturated rings. The van der Waals surface area contributed by atoms with Crippen molar-refractivity contribution in [3.05, 3.63) is 35.9 Å². The Morgan fingerprint density at radius 2 is 1.26 bits per heavy atom. The lowest BCUT2D eigenvalue weighted by molar-refractivity contribution is 0.0215. The summed E-state index contributed by atoms with van der Waals surface area (Å²) in [4.78, 5) is 0. The van der Waals surface area contributed by atoms with Crippen LogP contribution in [0.4, 0.5) is 0 Å². The Labute approximate surface area is 169 Å². The van der Waals surface area contributed by atoms with E-state index in [0.717, 1.165) is 19.6 Å². The molecular weight excluding hydrogens is 332 g/mol.